The number of ether oxygens (including phenoxy) is 2. The highest BCUT2D eigenvalue weighted by molar-refractivity contribution is 5.97. The molecule has 0 spiro atoms. The Morgan fingerprint density at radius 3 is 2.78 bits per heavy atom. The van der Waals surface area contributed by atoms with Crippen molar-refractivity contribution < 1.29 is 14.3 Å². The first-order valence-corrected chi connectivity index (χ1v) is 6.49. The highest BCUT2D eigenvalue weighted by Gasteiger charge is 2.16. The van der Waals surface area contributed by atoms with Crippen molar-refractivity contribution in [1.29, 1.82) is 0 Å². The molecule has 1 heterocycles. The SMILES string of the molecule is CC(=O)c1cc(C)ccc1OCC1CCOCC1. The summed E-state index contributed by atoms with van der Waals surface area (Å²) in [5.41, 5.74) is 1.76. The molecule has 18 heavy (non-hydrogen) atoms. The summed E-state index contributed by atoms with van der Waals surface area (Å²) in [6, 6.07) is 5.76. The number of benzene rings is 1. The van der Waals surface area contributed by atoms with Crippen LogP contribution in [-0.4, -0.2) is 25.6 Å². The molecule has 0 N–H and O–H groups in total. The van der Waals surface area contributed by atoms with Crippen LogP contribution in [0, 0.1) is 12.8 Å². The Bertz CT molecular complexity index is 420. The first kappa shape index (κ1) is 13.1. The second-order valence-electron chi connectivity index (χ2n) is 4.92. The number of Topliss-reactive ketones (excluding diaryl/α,β-unsaturated/α-hetero) is 1. The number of ketones is 1. The zero-order valence-electron chi connectivity index (χ0n) is 11.1. The predicted molar refractivity (Wildman–Crippen MR) is 70.2 cm³/mol. The standard InChI is InChI=1S/C15H20O3/c1-11-3-4-15(14(9-11)12(2)16)18-10-13-5-7-17-8-6-13/h3-4,9,13H,5-8,10H2,1-2H3. The van der Waals surface area contributed by atoms with Gasteiger partial charge in [0, 0.05) is 13.2 Å². The van der Waals surface area contributed by atoms with Gasteiger partial charge in [0.15, 0.2) is 5.78 Å². The van der Waals surface area contributed by atoms with E-state index in [2.05, 4.69) is 0 Å². The Hall–Kier alpha value is -1.35. The fourth-order valence-corrected chi connectivity index (χ4v) is 2.17. The number of carbonyl (C=O) groups excluding carboxylic acids is 1. The summed E-state index contributed by atoms with van der Waals surface area (Å²) < 4.78 is 11.1. The molecular weight excluding hydrogens is 228 g/mol. The third-order valence-corrected chi connectivity index (χ3v) is 3.33. The van der Waals surface area contributed by atoms with Crippen molar-refractivity contribution in [3.8, 4) is 5.75 Å². The number of hydrogen-bond donors (Lipinski definition) is 0. The molecule has 0 saturated carbocycles. The molecule has 0 radical (unpaired) electrons. The van der Waals surface area contributed by atoms with Gasteiger partial charge < -0.3 is 9.47 Å². The number of aryl methyl sites for hydroxylation is 1. The minimum atomic E-state index is 0.0562. The van der Waals surface area contributed by atoms with Gasteiger partial charge >= 0.3 is 0 Å². The van der Waals surface area contributed by atoms with Crippen LogP contribution in [0.4, 0.5) is 0 Å². The quantitative estimate of drug-likeness (QED) is 0.768. The summed E-state index contributed by atoms with van der Waals surface area (Å²) in [4.78, 5) is 11.6. The number of rotatable bonds is 4. The molecular formula is C15H20O3. The maximum Gasteiger partial charge on any atom is 0.163 e. The van der Waals surface area contributed by atoms with Crippen molar-refractivity contribution in [2.75, 3.05) is 19.8 Å². The molecule has 0 aromatic heterocycles. The van der Waals surface area contributed by atoms with Gasteiger partial charge in [0.05, 0.1) is 12.2 Å². The molecule has 1 fully saturated rings. The molecule has 98 valence electrons. The van der Waals surface area contributed by atoms with Gasteiger partial charge in [-0.2, -0.15) is 0 Å². The van der Waals surface area contributed by atoms with Gasteiger partial charge in [-0.25, -0.2) is 0 Å². The lowest BCUT2D eigenvalue weighted by atomic mass is 10.0. The van der Waals surface area contributed by atoms with E-state index in [1.807, 2.05) is 25.1 Å². The van der Waals surface area contributed by atoms with Crippen LogP contribution in [-0.2, 0) is 4.74 Å². The zero-order chi connectivity index (χ0) is 13.0. The molecule has 1 aliphatic rings. The van der Waals surface area contributed by atoms with Crippen molar-refractivity contribution in [2.24, 2.45) is 5.92 Å². The van der Waals surface area contributed by atoms with Crippen LogP contribution in [0.1, 0.15) is 35.7 Å². The normalized spacial score (nSPS) is 16.6. The van der Waals surface area contributed by atoms with Crippen LogP contribution in [0.15, 0.2) is 18.2 Å². The fraction of sp³-hybridized carbons (Fsp3) is 0.533. The van der Waals surface area contributed by atoms with E-state index in [-0.39, 0.29) is 5.78 Å². The van der Waals surface area contributed by atoms with Gasteiger partial charge in [-0.3, -0.25) is 4.79 Å². The third-order valence-electron chi connectivity index (χ3n) is 3.33. The Kier molecular flexibility index (Phi) is 4.37. The lowest BCUT2D eigenvalue weighted by molar-refractivity contribution is 0.0495. The first-order chi connectivity index (χ1) is 8.66. The average Bonchev–Trinajstić information content (AvgIpc) is 2.38. The average molecular weight is 248 g/mol. The molecule has 0 aliphatic carbocycles. The summed E-state index contributed by atoms with van der Waals surface area (Å²) in [5, 5.41) is 0. The second kappa shape index (κ2) is 6.01. The number of carbonyl (C=O) groups is 1. The van der Waals surface area contributed by atoms with Gasteiger partial charge in [-0.05, 0) is 44.7 Å². The topological polar surface area (TPSA) is 35.5 Å². The summed E-state index contributed by atoms with van der Waals surface area (Å²) in [6.07, 6.45) is 2.09. The molecule has 3 heteroatoms. The predicted octanol–water partition coefficient (Wildman–Crippen LogP) is 3.00. The smallest absolute Gasteiger partial charge is 0.163 e. The molecule has 0 bridgehead atoms. The van der Waals surface area contributed by atoms with E-state index < -0.39 is 0 Å². The van der Waals surface area contributed by atoms with E-state index in [4.69, 9.17) is 9.47 Å². The van der Waals surface area contributed by atoms with E-state index >= 15 is 0 Å². The molecule has 2 rings (SSSR count). The third kappa shape index (κ3) is 3.33. The Labute approximate surface area is 108 Å². The molecule has 1 aromatic carbocycles. The molecule has 1 saturated heterocycles. The van der Waals surface area contributed by atoms with E-state index in [1.54, 1.807) is 6.92 Å². The van der Waals surface area contributed by atoms with Gasteiger partial charge in [-0.15, -0.1) is 0 Å². The molecule has 1 aliphatic heterocycles. The summed E-state index contributed by atoms with van der Waals surface area (Å²) in [6.45, 7) is 5.88. The molecule has 0 atom stereocenters. The zero-order valence-corrected chi connectivity index (χ0v) is 11.1. The van der Waals surface area contributed by atoms with Gasteiger partial charge in [0.25, 0.3) is 0 Å². The monoisotopic (exact) mass is 248 g/mol. The Balaban J connectivity index is 2.01. The van der Waals surface area contributed by atoms with Crippen LogP contribution < -0.4 is 4.74 Å². The van der Waals surface area contributed by atoms with E-state index in [0.717, 1.165) is 31.6 Å². The van der Waals surface area contributed by atoms with Crippen LogP contribution >= 0.6 is 0 Å². The van der Waals surface area contributed by atoms with E-state index in [1.165, 1.54) is 0 Å². The van der Waals surface area contributed by atoms with Crippen molar-refractivity contribution >= 4 is 5.78 Å². The van der Waals surface area contributed by atoms with Crippen molar-refractivity contribution in [3.63, 3.8) is 0 Å². The minimum Gasteiger partial charge on any atom is -0.493 e. The van der Waals surface area contributed by atoms with Crippen molar-refractivity contribution in [2.45, 2.75) is 26.7 Å². The van der Waals surface area contributed by atoms with Crippen LogP contribution in [0.25, 0.3) is 0 Å². The van der Waals surface area contributed by atoms with Crippen LogP contribution in [0.3, 0.4) is 0 Å². The maximum absolute atomic E-state index is 11.6. The summed E-state index contributed by atoms with van der Waals surface area (Å²) in [7, 11) is 0. The molecule has 1 aromatic rings. The lowest BCUT2D eigenvalue weighted by Crippen LogP contribution is -2.21. The van der Waals surface area contributed by atoms with E-state index in [0.29, 0.717) is 23.8 Å². The Morgan fingerprint density at radius 2 is 2.11 bits per heavy atom. The van der Waals surface area contributed by atoms with E-state index in [9.17, 15) is 4.79 Å². The fourth-order valence-electron chi connectivity index (χ4n) is 2.17. The minimum absolute atomic E-state index is 0.0562. The largest absolute Gasteiger partial charge is 0.493 e. The first-order valence-electron chi connectivity index (χ1n) is 6.49. The van der Waals surface area contributed by atoms with Crippen molar-refractivity contribution in [3.05, 3.63) is 29.3 Å². The van der Waals surface area contributed by atoms with Gasteiger partial charge in [-0.1, -0.05) is 11.6 Å². The number of hydrogen-bond acceptors (Lipinski definition) is 3. The van der Waals surface area contributed by atoms with Gasteiger partial charge in [0.1, 0.15) is 5.75 Å². The lowest BCUT2D eigenvalue weighted by Gasteiger charge is -2.22. The van der Waals surface area contributed by atoms with Crippen LogP contribution in [0.5, 0.6) is 5.75 Å². The summed E-state index contributed by atoms with van der Waals surface area (Å²) in [5.74, 6) is 1.31. The highest BCUT2D eigenvalue weighted by Crippen LogP contribution is 2.23. The van der Waals surface area contributed by atoms with Gasteiger partial charge in [0.2, 0.25) is 0 Å². The second-order valence-corrected chi connectivity index (χ2v) is 4.92. The Morgan fingerprint density at radius 1 is 1.39 bits per heavy atom. The molecule has 0 unspecified atom stereocenters. The maximum atomic E-state index is 11.6. The van der Waals surface area contributed by atoms with Crippen molar-refractivity contribution in [1.82, 2.24) is 0 Å². The van der Waals surface area contributed by atoms with Crippen LogP contribution in [0.2, 0.25) is 0 Å². The highest BCUT2D eigenvalue weighted by atomic mass is 16.5. The molecule has 0 amide bonds. The molecule has 3 nitrogen and oxygen atoms in total. The summed E-state index contributed by atoms with van der Waals surface area (Å²) >= 11 is 0.